The second kappa shape index (κ2) is 11.2. The third-order valence-electron chi connectivity index (χ3n) is 12.6. The number of hydrogen-bond donors (Lipinski definition) is 3. The van der Waals surface area contributed by atoms with Gasteiger partial charge in [0.15, 0.2) is 11.5 Å². The summed E-state index contributed by atoms with van der Waals surface area (Å²) in [5, 5.41) is 54.7. The fourth-order valence-corrected chi connectivity index (χ4v) is 10.0. The molecule has 0 aliphatic heterocycles. The Morgan fingerprint density at radius 3 is 1.36 bits per heavy atom. The van der Waals surface area contributed by atoms with Gasteiger partial charge in [0.1, 0.15) is 16.9 Å². The molecule has 1 heterocycles. The summed E-state index contributed by atoms with van der Waals surface area (Å²) in [6, 6.07) is 55.8. The molecule has 58 heavy (non-hydrogen) atoms. The van der Waals surface area contributed by atoms with Crippen LogP contribution in [0.25, 0.3) is 131 Å². The maximum atomic E-state index is 13.0. The first kappa shape index (κ1) is 31.4. The topological polar surface area (TPSA) is 73.8 Å². The lowest BCUT2D eigenvalue weighted by molar-refractivity contribution is 0.401. The van der Waals surface area contributed by atoms with Crippen LogP contribution in [0.5, 0.6) is 17.2 Å². The Morgan fingerprint density at radius 1 is 0.293 bits per heavy atom. The van der Waals surface area contributed by atoms with Crippen molar-refractivity contribution in [2.75, 3.05) is 0 Å². The lowest BCUT2D eigenvalue weighted by Gasteiger charge is -2.22. The SMILES string of the molecule is Oc1c(O)c(-c2ccc3oc4cc5ccccc5cc4c3c2)c(-c2ccc3ccc4cccc5ccc2c3c45)c(O)c1-c1ccc2ccc3cccc4ccc1c2c34. The van der Waals surface area contributed by atoms with E-state index in [1.54, 1.807) is 0 Å². The van der Waals surface area contributed by atoms with Crippen molar-refractivity contribution in [3.63, 3.8) is 0 Å². The highest BCUT2D eigenvalue weighted by molar-refractivity contribution is 6.28. The standard InChI is InChI=1S/C54H30O4/c55-52-50(39-22-17-32-13-11-28-7-3-9-30-15-20-37(39)47(32)45(28)30)49(36-19-24-43-41(26-36)42-25-34-5-1-2-6-35(34)27-44(42)58-43)53(56)54(57)51(52)40-23-18-33-14-12-29-8-4-10-31-16-21-38(40)48(33)46(29)31/h1-27,55-57H. The van der Waals surface area contributed by atoms with Gasteiger partial charge < -0.3 is 19.7 Å². The number of phenols is 3. The summed E-state index contributed by atoms with van der Waals surface area (Å²) in [6.07, 6.45) is 0. The van der Waals surface area contributed by atoms with Crippen molar-refractivity contribution in [1.29, 1.82) is 0 Å². The summed E-state index contributed by atoms with van der Waals surface area (Å²) in [5.41, 5.74) is 4.43. The van der Waals surface area contributed by atoms with Crippen LogP contribution in [0.3, 0.4) is 0 Å². The van der Waals surface area contributed by atoms with Gasteiger partial charge in [-0.05, 0) is 116 Å². The molecule has 0 unspecified atom stereocenters. The Balaban J connectivity index is 1.16. The van der Waals surface area contributed by atoms with Crippen LogP contribution in [0, 0.1) is 0 Å². The largest absolute Gasteiger partial charge is 0.506 e. The van der Waals surface area contributed by atoms with Crippen molar-refractivity contribution in [3.8, 4) is 50.6 Å². The zero-order valence-electron chi connectivity index (χ0n) is 30.8. The molecule has 1 aromatic heterocycles. The van der Waals surface area contributed by atoms with Crippen molar-refractivity contribution in [2.24, 2.45) is 0 Å². The number of benzene rings is 12. The average Bonchev–Trinajstić information content (AvgIpc) is 3.62. The molecule has 0 fully saturated rings. The lowest BCUT2D eigenvalue weighted by atomic mass is 9.83. The molecule has 0 spiro atoms. The zero-order valence-corrected chi connectivity index (χ0v) is 30.8. The van der Waals surface area contributed by atoms with Crippen molar-refractivity contribution in [2.45, 2.75) is 0 Å². The van der Waals surface area contributed by atoms with Crippen LogP contribution in [0.2, 0.25) is 0 Å². The van der Waals surface area contributed by atoms with E-state index in [0.717, 1.165) is 97.3 Å². The van der Waals surface area contributed by atoms with Gasteiger partial charge in [-0.2, -0.15) is 0 Å². The summed E-state index contributed by atoms with van der Waals surface area (Å²) < 4.78 is 6.37. The molecule has 4 heteroatoms. The Bertz CT molecular complexity index is 3860. The van der Waals surface area contributed by atoms with Gasteiger partial charge in [0, 0.05) is 21.9 Å². The second-order valence-electron chi connectivity index (χ2n) is 15.6. The first-order chi connectivity index (χ1) is 28.5. The van der Waals surface area contributed by atoms with Crippen LogP contribution >= 0.6 is 0 Å². The fraction of sp³-hybridized carbons (Fsp3) is 0. The molecule has 0 aliphatic carbocycles. The fourth-order valence-electron chi connectivity index (χ4n) is 10.0. The van der Waals surface area contributed by atoms with Crippen molar-refractivity contribution >= 4 is 97.3 Å². The molecule has 0 aliphatic rings. The monoisotopic (exact) mass is 742 g/mol. The number of aromatic hydroxyl groups is 3. The molecular weight excluding hydrogens is 713 g/mol. The minimum absolute atomic E-state index is 0.112. The maximum absolute atomic E-state index is 13.0. The molecule has 13 aromatic rings. The van der Waals surface area contributed by atoms with E-state index in [2.05, 4.69) is 115 Å². The van der Waals surface area contributed by atoms with Crippen LogP contribution in [-0.2, 0) is 0 Å². The van der Waals surface area contributed by atoms with E-state index in [-0.39, 0.29) is 22.8 Å². The molecule has 12 aromatic carbocycles. The summed E-state index contributed by atoms with van der Waals surface area (Å²) in [4.78, 5) is 0. The predicted molar refractivity (Wildman–Crippen MR) is 240 cm³/mol. The highest BCUT2D eigenvalue weighted by atomic mass is 16.3. The van der Waals surface area contributed by atoms with Crippen molar-refractivity contribution < 1.29 is 19.7 Å². The van der Waals surface area contributed by atoms with E-state index in [9.17, 15) is 15.3 Å². The molecule has 0 amide bonds. The molecule has 0 radical (unpaired) electrons. The van der Waals surface area contributed by atoms with Gasteiger partial charge in [-0.15, -0.1) is 0 Å². The maximum Gasteiger partial charge on any atom is 0.169 e. The van der Waals surface area contributed by atoms with Crippen molar-refractivity contribution in [3.05, 3.63) is 164 Å². The molecule has 270 valence electrons. The number of fused-ring (bicyclic) bond motifs is 4. The Kier molecular flexibility index (Phi) is 6.04. The van der Waals surface area contributed by atoms with Crippen LogP contribution < -0.4 is 0 Å². The highest BCUT2D eigenvalue weighted by Gasteiger charge is 2.30. The minimum atomic E-state index is -0.382. The van der Waals surface area contributed by atoms with E-state index in [1.807, 2.05) is 48.5 Å². The zero-order chi connectivity index (χ0) is 38.4. The Labute approximate surface area is 330 Å². The van der Waals surface area contributed by atoms with E-state index < -0.39 is 0 Å². The van der Waals surface area contributed by atoms with Gasteiger partial charge >= 0.3 is 0 Å². The molecule has 4 nitrogen and oxygen atoms in total. The minimum Gasteiger partial charge on any atom is -0.506 e. The first-order valence-corrected chi connectivity index (χ1v) is 19.5. The number of rotatable bonds is 3. The normalized spacial score (nSPS) is 12.3. The van der Waals surface area contributed by atoms with Gasteiger partial charge in [0.2, 0.25) is 0 Å². The summed E-state index contributed by atoms with van der Waals surface area (Å²) in [6.45, 7) is 0. The molecule has 3 N–H and O–H groups in total. The first-order valence-electron chi connectivity index (χ1n) is 19.5. The van der Waals surface area contributed by atoms with Crippen LogP contribution in [0.4, 0.5) is 0 Å². The second-order valence-corrected chi connectivity index (χ2v) is 15.6. The van der Waals surface area contributed by atoms with Gasteiger partial charge in [-0.3, -0.25) is 0 Å². The third-order valence-corrected chi connectivity index (χ3v) is 12.6. The average molecular weight is 743 g/mol. The molecule has 0 saturated heterocycles. The van der Waals surface area contributed by atoms with Gasteiger partial charge in [-0.25, -0.2) is 0 Å². The van der Waals surface area contributed by atoms with Gasteiger partial charge in [0.05, 0.1) is 5.56 Å². The summed E-state index contributed by atoms with van der Waals surface area (Å²) in [5.74, 6) is -0.803. The van der Waals surface area contributed by atoms with E-state index in [4.69, 9.17) is 4.42 Å². The van der Waals surface area contributed by atoms with Crippen LogP contribution in [0.1, 0.15) is 0 Å². The number of hydrogen-bond acceptors (Lipinski definition) is 4. The molecule has 0 saturated carbocycles. The molecule has 0 atom stereocenters. The quantitative estimate of drug-likeness (QED) is 0.0957. The van der Waals surface area contributed by atoms with E-state index >= 15 is 0 Å². The summed E-state index contributed by atoms with van der Waals surface area (Å²) in [7, 11) is 0. The van der Waals surface area contributed by atoms with E-state index in [1.165, 1.54) is 0 Å². The smallest absolute Gasteiger partial charge is 0.169 e. The van der Waals surface area contributed by atoms with Crippen molar-refractivity contribution in [1.82, 2.24) is 0 Å². The number of phenolic OH excluding ortho intramolecular Hbond substituents is 3. The summed E-state index contributed by atoms with van der Waals surface area (Å²) >= 11 is 0. The number of furan rings is 1. The molecular formula is C54H30O4. The Hall–Kier alpha value is -7.82. The van der Waals surface area contributed by atoms with Crippen LogP contribution in [-0.4, -0.2) is 15.3 Å². The molecule has 0 bridgehead atoms. The van der Waals surface area contributed by atoms with Gasteiger partial charge in [-0.1, -0.05) is 140 Å². The Morgan fingerprint density at radius 2 is 0.759 bits per heavy atom. The highest BCUT2D eigenvalue weighted by Crippen LogP contribution is 2.58. The third kappa shape index (κ3) is 4.08. The van der Waals surface area contributed by atoms with Gasteiger partial charge in [0.25, 0.3) is 0 Å². The lowest BCUT2D eigenvalue weighted by Crippen LogP contribution is -1.95. The van der Waals surface area contributed by atoms with Crippen LogP contribution in [0.15, 0.2) is 168 Å². The predicted octanol–water partition coefficient (Wildman–Crippen LogP) is 14.7. The van der Waals surface area contributed by atoms with E-state index in [0.29, 0.717) is 27.8 Å². The molecule has 13 rings (SSSR count).